The van der Waals surface area contributed by atoms with E-state index in [0.29, 0.717) is 0 Å². The molecule has 0 bridgehead atoms. The normalized spacial score (nSPS) is 13.4. The predicted molar refractivity (Wildman–Crippen MR) is 108 cm³/mol. The summed E-state index contributed by atoms with van der Waals surface area (Å²) in [6.45, 7) is 11.1. The molecule has 4 heteroatoms. The molecule has 0 saturated heterocycles. The standard InChI is InChI=1S/C21H23N3.ClH/c1-4-12-24-16(3)15(2)19-9-11-22-21(20(19)24)23-13-10-17-7-5-6-8-18(17)14-23;/h4-9,11H,1,10,12-14H2,2-3H3;1H. The molecule has 4 rings (SSSR count). The van der Waals surface area contributed by atoms with Gasteiger partial charge in [0.1, 0.15) is 0 Å². The average Bonchev–Trinajstić information content (AvgIpc) is 2.87. The Balaban J connectivity index is 0.00000182. The topological polar surface area (TPSA) is 21.1 Å². The maximum atomic E-state index is 4.77. The van der Waals surface area contributed by atoms with Gasteiger partial charge in [-0.2, -0.15) is 0 Å². The molecule has 3 aromatic rings. The number of allylic oxidation sites excluding steroid dienone is 1. The summed E-state index contributed by atoms with van der Waals surface area (Å²) in [5, 5.41) is 1.30. The smallest absolute Gasteiger partial charge is 0.153 e. The predicted octanol–water partition coefficient (Wildman–Crippen LogP) is 4.82. The lowest BCUT2D eigenvalue weighted by atomic mass is 10.00. The molecule has 0 saturated carbocycles. The van der Waals surface area contributed by atoms with Gasteiger partial charge in [-0.25, -0.2) is 4.98 Å². The lowest BCUT2D eigenvalue weighted by molar-refractivity contribution is 0.718. The van der Waals surface area contributed by atoms with Crippen LogP contribution in [0.1, 0.15) is 22.4 Å². The van der Waals surface area contributed by atoms with Crippen LogP contribution in [0.25, 0.3) is 10.9 Å². The van der Waals surface area contributed by atoms with Crippen molar-refractivity contribution in [2.24, 2.45) is 0 Å². The van der Waals surface area contributed by atoms with Crippen molar-refractivity contribution in [1.29, 1.82) is 0 Å². The van der Waals surface area contributed by atoms with Crippen molar-refractivity contribution in [1.82, 2.24) is 9.55 Å². The van der Waals surface area contributed by atoms with E-state index < -0.39 is 0 Å². The number of halogens is 1. The SMILES string of the molecule is C=CCn1c(C)c(C)c2ccnc(N3CCc4ccccc4C3)c21.Cl. The molecule has 3 heterocycles. The molecule has 0 unspecified atom stereocenters. The van der Waals surface area contributed by atoms with Crippen molar-refractivity contribution < 1.29 is 0 Å². The second kappa shape index (κ2) is 6.93. The molecule has 1 aliphatic heterocycles. The third-order valence-electron chi connectivity index (χ3n) is 5.27. The van der Waals surface area contributed by atoms with Crippen LogP contribution in [0, 0.1) is 13.8 Å². The van der Waals surface area contributed by atoms with Crippen LogP contribution < -0.4 is 4.90 Å². The first kappa shape index (κ1) is 17.6. The number of hydrogen-bond donors (Lipinski definition) is 0. The van der Waals surface area contributed by atoms with Crippen LogP contribution >= 0.6 is 12.4 Å². The average molecular weight is 354 g/mol. The molecule has 0 spiro atoms. The summed E-state index contributed by atoms with van der Waals surface area (Å²) in [6, 6.07) is 10.9. The Kier molecular flexibility index (Phi) is 4.87. The van der Waals surface area contributed by atoms with Gasteiger partial charge in [-0.3, -0.25) is 0 Å². The van der Waals surface area contributed by atoms with Crippen molar-refractivity contribution in [3.05, 3.63) is 71.6 Å². The zero-order valence-electron chi connectivity index (χ0n) is 14.8. The van der Waals surface area contributed by atoms with Crippen LogP contribution in [0.3, 0.4) is 0 Å². The molecule has 0 fully saturated rings. The second-order valence-corrected chi connectivity index (χ2v) is 6.58. The molecule has 130 valence electrons. The van der Waals surface area contributed by atoms with E-state index in [-0.39, 0.29) is 12.4 Å². The highest BCUT2D eigenvalue weighted by Crippen LogP contribution is 2.33. The van der Waals surface area contributed by atoms with Crippen LogP contribution in [0.15, 0.2) is 49.2 Å². The third kappa shape index (κ3) is 2.83. The minimum absolute atomic E-state index is 0. The molecule has 0 amide bonds. The Bertz CT molecular complexity index is 926. The summed E-state index contributed by atoms with van der Waals surface area (Å²) in [7, 11) is 0. The monoisotopic (exact) mass is 353 g/mol. The fourth-order valence-electron chi connectivity index (χ4n) is 3.84. The number of nitrogens with zero attached hydrogens (tertiary/aromatic N) is 3. The van der Waals surface area contributed by atoms with E-state index in [1.807, 2.05) is 12.3 Å². The Labute approximate surface area is 155 Å². The summed E-state index contributed by atoms with van der Waals surface area (Å²) >= 11 is 0. The fraction of sp³-hybridized carbons (Fsp3) is 0.286. The van der Waals surface area contributed by atoms with E-state index >= 15 is 0 Å². The minimum atomic E-state index is 0. The highest BCUT2D eigenvalue weighted by molar-refractivity contribution is 5.93. The van der Waals surface area contributed by atoms with Crippen molar-refractivity contribution >= 4 is 29.1 Å². The largest absolute Gasteiger partial charge is 0.350 e. The summed E-state index contributed by atoms with van der Waals surface area (Å²) in [5.74, 6) is 1.10. The molecule has 3 nitrogen and oxygen atoms in total. The highest BCUT2D eigenvalue weighted by atomic mass is 35.5. The van der Waals surface area contributed by atoms with Gasteiger partial charge in [0, 0.05) is 36.9 Å². The van der Waals surface area contributed by atoms with Crippen molar-refractivity contribution in [3.8, 4) is 0 Å². The first-order valence-electron chi connectivity index (χ1n) is 8.57. The zero-order valence-corrected chi connectivity index (χ0v) is 15.6. The van der Waals surface area contributed by atoms with Gasteiger partial charge in [-0.1, -0.05) is 30.3 Å². The Morgan fingerprint density at radius 1 is 1.16 bits per heavy atom. The molecule has 1 aliphatic rings. The van der Waals surface area contributed by atoms with Gasteiger partial charge in [-0.15, -0.1) is 19.0 Å². The lowest BCUT2D eigenvalue weighted by Crippen LogP contribution is -2.31. The van der Waals surface area contributed by atoms with Gasteiger partial charge in [0.25, 0.3) is 0 Å². The molecule has 0 radical (unpaired) electrons. The van der Waals surface area contributed by atoms with E-state index in [9.17, 15) is 0 Å². The van der Waals surface area contributed by atoms with Crippen molar-refractivity contribution in [3.63, 3.8) is 0 Å². The highest BCUT2D eigenvalue weighted by Gasteiger charge is 2.22. The lowest BCUT2D eigenvalue weighted by Gasteiger charge is -2.30. The van der Waals surface area contributed by atoms with Gasteiger partial charge in [-0.05, 0) is 43.0 Å². The number of aryl methyl sites for hydroxylation is 1. The number of rotatable bonds is 3. The second-order valence-electron chi connectivity index (χ2n) is 6.58. The summed E-state index contributed by atoms with van der Waals surface area (Å²) in [4.78, 5) is 7.19. The Morgan fingerprint density at radius 2 is 1.92 bits per heavy atom. The summed E-state index contributed by atoms with van der Waals surface area (Å²) in [6.07, 6.45) is 4.99. The molecule has 0 atom stereocenters. The molecular formula is C21H24ClN3. The molecule has 1 aromatic carbocycles. The number of anilines is 1. The van der Waals surface area contributed by atoms with Gasteiger partial charge in [0.05, 0.1) is 5.52 Å². The van der Waals surface area contributed by atoms with Gasteiger partial charge >= 0.3 is 0 Å². The van der Waals surface area contributed by atoms with E-state index in [2.05, 4.69) is 60.2 Å². The number of benzene rings is 1. The van der Waals surface area contributed by atoms with E-state index in [1.165, 1.54) is 33.3 Å². The van der Waals surface area contributed by atoms with Crippen LogP contribution in [0.2, 0.25) is 0 Å². The van der Waals surface area contributed by atoms with Gasteiger partial charge in [0.2, 0.25) is 0 Å². The summed E-state index contributed by atoms with van der Waals surface area (Å²) in [5.41, 5.74) is 6.77. The minimum Gasteiger partial charge on any atom is -0.350 e. The van der Waals surface area contributed by atoms with Crippen LogP contribution in [0.4, 0.5) is 5.82 Å². The van der Waals surface area contributed by atoms with E-state index in [4.69, 9.17) is 4.98 Å². The van der Waals surface area contributed by atoms with E-state index in [1.54, 1.807) is 0 Å². The molecule has 0 aliphatic carbocycles. The molecule has 0 N–H and O–H groups in total. The fourth-order valence-corrected chi connectivity index (χ4v) is 3.84. The third-order valence-corrected chi connectivity index (χ3v) is 5.27. The number of aromatic nitrogens is 2. The van der Waals surface area contributed by atoms with Crippen molar-refractivity contribution in [2.75, 3.05) is 11.4 Å². The van der Waals surface area contributed by atoms with Crippen LogP contribution in [0.5, 0.6) is 0 Å². The molecule has 2 aromatic heterocycles. The van der Waals surface area contributed by atoms with E-state index in [0.717, 1.165) is 31.9 Å². The maximum absolute atomic E-state index is 4.77. The summed E-state index contributed by atoms with van der Waals surface area (Å²) < 4.78 is 2.35. The van der Waals surface area contributed by atoms with Crippen molar-refractivity contribution in [2.45, 2.75) is 33.4 Å². The number of hydrogen-bond acceptors (Lipinski definition) is 2. The van der Waals surface area contributed by atoms with Gasteiger partial charge in [0.15, 0.2) is 5.82 Å². The van der Waals surface area contributed by atoms with Gasteiger partial charge < -0.3 is 9.47 Å². The molecule has 25 heavy (non-hydrogen) atoms. The van der Waals surface area contributed by atoms with Crippen LogP contribution in [-0.4, -0.2) is 16.1 Å². The Morgan fingerprint density at radius 3 is 2.68 bits per heavy atom. The maximum Gasteiger partial charge on any atom is 0.153 e. The number of pyridine rings is 1. The number of fused-ring (bicyclic) bond motifs is 2. The molecular weight excluding hydrogens is 330 g/mol. The first-order valence-corrected chi connectivity index (χ1v) is 8.57. The quantitative estimate of drug-likeness (QED) is 0.629. The van der Waals surface area contributed by atoms with Crippen LogP contribution in [-0.2, 0) is 19.5 Å². The Hall–Kier alpha value is -2.26. The first-order chi connectivity index (χ1) is 11.7. The zero-order chi connectivity index (χ0) is 16.7.